The van der Waals surface area contributed by atoms with E-state index in [1.807, 2.05) is 6.92 Å². The number of anilines is 1. The van der Waals surface area contributed by atoms with Gasteiger partial charge in [0.2, 0.25) is 0 Å². The molecule has 2 rings (SSSR count). The summed E-state index contributed by atoms with van der Waals surface area (Å²) in [4.78, 5) is 8.48. The number of nitrogens with zero attached hydrogens (tertiary/aromatic N) is 2. The number of nitrogen functional groups attached to an aromatic ring is 1. The number of aromatic hydroxyl groups is 1. The Bertz CT molecular complexity index is 579. The van der Waals surface area contributed by atoms with E-state index in [0.29, 0.717) is 27.4 Å². The van der Waals surface area contributed by atoms with Crippen molar-refractivity contribution >= 4 is 21.7 Å². The highest BCUT2D eigenvalue weighted by molar-refractivity contribution is 9.10. The van der Waals surface area contributed by atoms with Gasteiger partial charge < -0.3 is 15.6 Å². The molecule has 0 aliphatic rings. The molecule has 18 heavy (non-hydrogen) atoms. The van der Waals surface area contributed by atoms with Crippen LogP contribution in [0.5, 0.6) is 11.5 Å². The number of rotatable bonds is 2. The zero-order valence-electron chi connectivity index (χ0n) is 9.94. The second-order valence-corrected chi connectivity index (χ2v) is 4.51. The van der Waals surface area contributed by atoms with Gasteiger partial charge in [-0.2, -0.15) is 0 Å². The van der Waals surface area contributed by atoms with Crippen LogP contribution in [0, 0.1) is 6.92 Å². The van der Waals surface area contributed by atoms with Crippen molar-refractivity contribution in [2.24, 2.45) is 0 Å². The highest BCUT2D eigenvalue weighted by Crippen LogP contribution is 2.31. The highest BCUT2D eigenvalue weighted by atomic mass is 79.9. The van der Waals surface area contributed by atoms with Gasteiger partial charge in [0.05, 0.1) is 17.3 Å². The van der Waals surface area contributed by atoms with Gasteiger partial charge in [0, 0.05) is 5.56 Å². The largest absolute Gasteiger partial charge is 0.504 e. The average molecular weight is 310 g/mol. The first-order valence-corrected chi connectivity index (χ1v) is 5.99. The Morgan fingerprint density at radius 1 is 1.33 bits per heavy atom. The number of hydrogen-bond acceptors (Lipinski definition) is 5. The molecule has 0 aliphatic heterocycles. The summed E-state index contributed by atoms with van der Waals surface area (Å²) in [5.41, 5.74) is 7.19. The van der Waals surface area contributed by atoms with Gasteiger partial charge in [-0.25, -0.2) is 9.97 Å². The third-order valence-corrected chi connectivity index (χ3v) is 3.46. The Hall–Kier alpha value is -1.82. The second-order valence-electron chi connectivity index (χ2n) is 3.72. The predicted octanol–water partition coefficient (Wildman–Crippen LogP) is 2.51. The summed E-state index contributed by atoms with van der Waals surface area (Å²) in [6.45, 7) is 1.83. The summed E-state index contributed by atoms with van der Waals surface area (Å²) < 4.78 is 5.66. The van der Waals surface area contributed by atoms with Gasteiger partial charge in [0.15, 0.2) is 17.3 Å². The quantitative estimate of drug-likeness (QED) is 0.891. The Labute approximate surface area is 113 Å². The lowest BCUT2D eigenvalue weighted by Crippen LogP contribution is -2.00. The number of hydrogen-bond donors (Lipinski definition) is 2. The van der Waals surface area contributed by atoms with Crippen LogP contribution in [0.1, 0.15) is 5.69 Å². The molecule has 0 spiro atoms. The highest BCUT2D eigenvalue weighted by Gasteiger charge is 2.10. The van der Waals surface area contributed by atoms with Crippen LogP contribution in [0.4, 0.5) is 5.82 Å². The number of phenols is 1. The van der Waals surface area contributed by atoms with E-state index < -0.39 is 0 Å². The molecule has 0 radical (unpaired) electrons. The smallest absolute Gasteiger partial charge is 0.161 e. The fraction of sp³-hybridized carbons (Fsp3) is 0.167. The maximum Gasteiger partial charge on any atom is 0.161 e. The average Bonchev–Trinajstić information content (AvgIpc) is 2.35. The molecule has 0 saturated heterocycles. The van der Waals surface area contributed by atoms with E-state index in [1.54, 1.807) is 18.2 Å². The lowest BCUT2D eigenvalue weighted by atomic mass is 10.2. The van der Waals surface area contributed by atoms with Crippen molar-refractivity contribution in [3.05, 3.63) is 28.4 Å². The van der Waals surface area contributed by atoms with Crippen LogP contribution in [0.2, 0.25) is 0 Å². The summed E-state index contributed by atoms with van der Waals surface area (Å²) in [5.74, 6) is 1.28. The summed E-state index contributed by atoms with van der Waals surface area (Å²) in [7, 11) is 1.49. The fourth-order valence-electron chi connectivity index (χ4n) is 1.54. The van der Waals surface area contributed by atoms with Crippen molar-refractivity contribution < 1.29 is 9.84 Å². The van der Waals surface area contributed by atoms with E-state index in [4.69, 9.17) is 10.5 Å². The Kier molecular flexibility index (Phi) is 3.38. The molecule has 1 aromatic heterocycles. The van der Waals surface area contributed by atoms with Crippen molar-refractivity contribution in [2.75, 3.05) is 12.8 Å². The van der Waals surface area contributed by atoms with Gasteiger partial charge in [-0.15, -0.1) is 0 Å². The maximum atomic E-state index is 9.72. The number of nitrogens with two attached hydrogens (primary N) is 1. The number of aryl methyl sites for hydroxylation is 1. The molecule has 0 atom stereocenters. The van der Waals surface area contributed by atoms with Crippen LogP contribution >= 0.6 is 15.9 Å². The first-order valence-electron chi connectivity index (χ1n) is 5.20. The first-order chi connectivity index (χ1) is 8.52. The summed E-state index contributed by atoms with van der Waals surface area (Å²) in [6, 6.07) is 4.96. The standard InChI is InChI=1S/C12H12BrN3O2/c1-6-10(13)11(14)16-12(15-6)7-3-4-9(18-2)8(17)5-7/h3-5,17H,1-2H3,(H2,14,15,16). The Balaban J connectivity index is 2.52. The van der Waals surface area contributed by atoms with E-state index in [1.165, 1.54) is 7.11 Å². The van der Waals surface area contributed by atoms with E-state index in [9.17, 15) is 5.11 Å². The molecule has 6 heteroatoms. The zero-order valence-corrected chi connectivity index (χ0v) is 11.5. The molecule has 0 saturated carbocycles. The number of aromatic nitrogens is 2. The first kappa shape index (κ1) is 12.6. The van der Waals surface area contributed by atoms with Gasteiger partial charge in [0.1, 0.15) is 5.82 Å². The molecular weight excluding hydrogens is 298 g/mol. The van der Waals surface area contributed by atoms with E-state index in [-0.39, 0.29) is 5.75 Å². The molecule has 1 heterocycles. The molecule has 0 unspecified atom stereocenters. The van der Waals surface area contributed by atoms with Gasteiger partial charge in [0.25, 0.3) is 0 Å². The van der Waals surface area contributed by atoms with E-state index >= 15 is 0 Å². The number of halogens is 1. The van der Waals surface area contributed by atoms with Crippen molar-refractivity contribution in [1.29, 1.82) is 0 Å². The minimum absolute atomic E-state index is 0.0396. The summed E-state index contributed by atoms with van der Waals surface area (Å²) in [6.07, 6.45) is 0. The normalized spacial score (nSPS) is 10.4. The Morgan fingerprint density at radius 2 is 2.06 bits per heavy atom. The molecule has 0 amide bonds. The molecule has 0 fully saturated rings. The molecular formula is C12H12BrN3O2. The number of ether oxygens (including phenoxy) is 1. The van der Waals surface area contributed by atoms with Gasteiger partial charge in [-0.05, 0) is 41.1 Å². The van der Waals surface area contributed by atoms with Crippen LogP contribution < -0.4 is 10.5 Å². The maximum absolute atomic E-state index is 9.72. The van der Waals surface area contributed by atoms with Crippen molar-refractivity contribution in [3.63, 3.8) is 0 Å². The third-order valence-electron chi connectivity index (χ3n) is 2.48. The zero-order chi connectivity index (χ0) is 13.3. The van der Waals surface area contributed by atoms with Crippen LogP contribution in [0.25, 0.3) is 11.4 Å². The summed E-state index contributed by atoms with van der Waals surface area (Å²) in [5, 5.41) is 9.72. The van der Waals surface area contributed by atoms with Gasteiger partial charge in [-0.1, -0.05) is 0 Å². The van der Waals surface area contributed by atoms with Crippen molar-refractivity contribution in [2.45, 2.75) is 6.92 Å². The molecule has 1 aromatic carbocycles. The SMILES string of the molecule is COc1ccc(-c2nc(C)c(Br)c(N)n2)cc1O. The Morgan fingerprint density at radius 3 is 2.61 bits per heavy atom. The second kappa shape index (κ2) is 4.81. The molecule has 3 N–H and O–H groups in total. The van der Waals surface area contributed by atoms with Crippen molar-refractivity contribution in [1.82, 2.24) is 9.97 Å². The third kappa shape index (κ3) is 2.24. The van der Waals surface area contributed by atoms with E-state index in [0.717, 1.165) is 5.69 Å². The predicted molar refractivity (Wildman–Crippen MR) is 72.5 cm³/mol. The monoisotopic (exact) mass is 309 g/mol. The number of phenolic OH excluding ortho intramolecular Hbond substituents is 1. The van der Waals surface area contributed by atoms with Crippen LogP contribution in [0.15, 0.2) is 22.7 Å². The molecule has 5 nitrogen and oxygen atoms in total. The minimum Gasteiger partial charge on any atom is -0.504 e. The summed E-state index contributed by atoms with van der Waals surface area (Å²) >= 11 is 3.30. The molecule has 2 aromatic rings. The van der Waals surface area contributed by atoms with Gasteiger partial charge in [-0.3, -0.25) is 0 Å². The number of benzene rings is 1. The van der Waals surface area contributed by atoms with Crippen LogP contribution in [-0.4, -0.2) is 22.2 Å². The van der Waals surface area contributed by atoms with Gasteiger partial charge >= 0.3 is 0 Å². The van der Waals surface area contributed by atoms with Crippen LogP contribution in [-0.2, 0) is 0 Å². The van der Waals surface area contributed by atoms with Crippen molar-refractivity contribution in [3.8, 4) is 22.9 Å². The molecule has 0 aliphatic carbocycles. The topological polar surface area (TPSA) is 81.3 Å². The van der Waals surface area contributed by atoms with Crippen LogP contribution in [0.3, 0.4) is 0 Å². The fourth-order valence-corrected chi connectivity index (χ4v) is 1.72. The minimum atomic E-state index is 0.0396. The lowest BCUT2D eigenvalue weighted by Gasteiger charge is -2.08. The molecule has 0 bridgehead atoms. The number of methoxy groups -OCH3 is 1. The lowest BCUT2D eigenvalue weighted by molar-refractivity contribution is 0.373. The molecule has 94 valence electrons. The van der Waals surface area contributed by atoms with E-state index in [2.05, 4.69) is 25.9 Å².